The number of ether oxygens (including phenoxy) is 1. The van der Waals surface area contributed by atoms with Gasteiger partial charge in [-0.15, -0.1) is 17.8 Å². The molecule has 0 aliphatic heterocycles. The first-order valence-corrected chi connectivity index (χ1v) is 7.67. The highest BCUT2D eigenvalue weighted by atomic mass is 32.1. The highest BCUT2D eigenvalue weighted by Crippen LogP contribution is 2.16. The number of aromatic nitrogens is 1. The molecule has 0 aliphatic carbocycles. The number of nitrogens with zero attached hydrogens (tertiary/aromatic N) is 1. The van der Waals surface area contributed by atoms with Crippen molar-refractivity contribution in [2.24, 2.45) is 0 Å². The van der Waals surface area contributed by atoms with E-state index in [2.05, 4.69) is 28.5 Å². The number of carbonyl (C=O) groups excluding carboxylic acids is 1. The van der Waals surface area contributed by atoms with Crippen LogP contribution in [-0.2, 0) is 13.0 Å². The third-order valence-electron chi connectivity index (χ3n) is 2.78. The van der Waals surface area contributed by atoms with Crippen molar-refractivity contribution in [1.29, 1.82) is 0 Å². The predicted molar refractivity (Wildman–Crippen MR) is 88.1 cm³/mol. The molecule has 22 heavy (non-hydrogen) atoms. The molecule has 1 heterocycles. The maximum Gasteiger partial charge on any atom is 0.319 e. The van der Waals surface area contributed by atoms with Crippen LogP contribution in [0.2, 0.25) is 0 Å². The van der Waals surface area contributed by atoms with E-state index in [1.165, 1.54) is 4.88 Å². The van der Waals surface area contributed by atoms with Gasteiger partial charge in [0.2, 0.25) is 0 Å². The molecule has 0 atom stereocenters. The minimum Gasteiger partial charge on any atom is -0.481 e. The first-order valence-electron chi connectivity index (χ1n) is 6.86. The summed E-state index contributed by atoms with van der Waals surface area (Å²) in [6.45, 7) is 2.72. The zero-order valence-corrected chi connectivity index (χ0v) is 13.1. The van der Waals surface area contributed by atoms with Crippen LogP contribution in [-0.4, -0.2) is 17.6 Å². The van der Waals surface area contributed by atoms with E-state index < -0.39 is 0 Å². The molecule has 114 valence electrons. The summed E-state index contributed by atoms with van der Waals surface area (Å²) in [5.41, 5.74) is 0.680. The standard InChI is InChI=1S/C16H17N3O2S/c1-3-9-21-13-7-5-12(6-8-13)19-16(20)18-11-15-17-10-14(4-2)22-15/h1,5-8,10H,4,9,11H2,2H3,(H2,18,19,20). The van der Waals surface area contributed by atoms with Gasteiger partial charge in [-0.3, -0.25) is 0 Å². The van der Waals surface area contributed by atoms with Crippen molar-refractivity contribution in [2.45, 2.75) is 19.9 Å². The van der Waals surface area contributed by atoms with Gasteiger partial charge in [0.05, 0.1) is 6.54 Å². The number of nitrogens with one attached hydrogen (secondary N) is 2. The quantitative estimate of drug-likeness (QED) is 0.805. The van der Waals surface area contributed by atoms with Gasteiger partial charge in [-0.25, -0.2) is 9.78 Å². The Kier molecular flexibility index (Phi) is 5.81. The third kappa shape index (κ3) is 4.79. The van der Waals surface area contributed by atoms with E-state index in [4.69, 9.17) is 11.2 Å². The molecule has 0 aliphatic rings. The summed E-state index contributed by atoms with van der Waals surface area (Å²) < 4.78 is 5.26. The number of amides is 2. The van der Waals surface area contributed by atoms with Crippen molar-refractivity contribution in [1.82, 2.24) is 10.3 Å². The Hall–Kier alpha value is -2.52. The van der Waals surface area contributed by atoms with Gasteiger partial charge in [0.25, 0.3) is 0 Å². The van der Waals surface area contributed by atoms with Crippen molar-refractivity contribution >= 4 is 23.1 Å². The number of rotatable bonds is 6. The largest absolute Gasteiger partial charge is 0.481 e. The number of thiazole rings is 1. The second kappa shape index (κ2) is 8.05. The van der Waals surface area contributed by atoms with Gasteiger partial charge < -0.3 is 15.4 Å². The highest BCUT2D eigenvalue weighted by molar-refractivity contribution is 7.11. The predicted octanol–water partition coefficient (Wildman–Crippen LogP) is 3.04. The van der Waals surface area contributed by atoms with Crippen LogP contribution in [0, 0.1) is 12.3 Å². The summed E-state index contributed by atoms with van der Waals surface area (Å²) in [6, 6.07) is 6.74. The lowest BCUT2D eigenvalue weighted by atomic mass is 10.3. The average molecular weight is 315 g/mol. The summed E-state index contributed by atoms with van der Waals surface area (Å²) in [5, 5.41) is 6.41. The van der Waals surface area contributed by atoms with E-state index in [9.17, 15) is 4.79 Å². The Morgan fingerprint density at radius 2 is 2.18 bits per heavy atom. The molecule has 6 heteroatoms. The molecular formula is C16H17N3O2S. The van der Waals surface area contributed by atoms with Gasteiger partial charge in [-0.2, -0.15) is 0 Å². The fraction of sp³-hybridized carbons (Fsp3) is 0.250. The van der Waals surface area contributed by atoms with Crippen LogP contribution in [0.25, 0.3) is 0 Å². The van der Waals surface area contributed by atoms with Gasteiger partial charge in [0.1, 0.15) is 17.4 Å². The number of terminal acetylenes is 1. The van der Waals surface area contributed by atoms with Crippen LogP contribution in [0.4, 0.5) is 10.5 Å². The average Bonchev–Trinajstić information content (AvgIpc) is 3.00. The molecule has 0 fully saturated rings. The minimum absolute atomic E-state index is 0.223. The summed E-state index contributed by atoms with van der Waals surface area (Å²) in [4.78, 5) is 17.3. The zero-order valence-electron chi connectivity index (χ0n) is 12.3. The molecule has 1 aromatic carbocycles. The molecule has 2 amide bonds. The summed E-state index contributed by atoms with van der Waals surface area (Å²) in [6.07, 6.45) is 7.92. The number of benzene rings is 1. The number of hydrogen-bond acceptors (Lipinski definition) is 4. The molecule has 0 bridgehead atoms. The fourth-order valence-corrected chi connectivity index (χ4v) is 2.49. The summed E-state index contributed by atoms with van der Waals surface area (Å²) >= 11 is 1.60. The van der Waals surface area contributed by atoms with Crippen molar-refractivity contribution in [2.75, 3.05) is 11.9 Å². The summed E-state index contributed by atoms with van der Waals surface area (Å²) in [5.74, 6) is 3.06. The van der Waals surface area contributed by atoms with Crippen molar-refractivity contribution in [3.05, 3.63) is 40.3 Å². The van der Waals surface area contributed by atoms with Crippen LogP contribution in [0.5, 0.6) is 5.75 Å². The van der Waals surface area contributed by atoms with Gasteiger partial charge in [0.15, 0.2) is 0 Å². The summed E-state index contributed by atoms with van der Waals surface area (Å²) in [7, 11) is 0. The van der Waals surface area contributed by atoms with Crippen molar-refractivity contribution < 1.29 is 9.53 Å². The van der Waals surface area contributed by atoms with Crippen LogP contribution >= 0.6 is 11.3 Å². The molecule has 0 spiro atoms. The Morgan fingerprint density at radius 1 is 1.41 bits per heavy atom. The molecule has 2 rings (SSSR count). The molecule has 0 saturated heterocycles. The molecule has 1 aromatic heterocycles. The molecule has 2 aromatic rings. The smallest absolute Gasteiger partial charge is 0.319 e. The number of aryl methyl sites for hydroxylation is 1. The monoisotopic (exact) mass is 315 g/mol. The Morgan fingerprint density at radius 3 is 2.82 bits per heavy atom. The van der Waals surface area contributed by atoms with Gasteiger partial charge in [-0.1, -0.05) is 12.8 Å². The van der Waals surface area contributed by atoms with E-state index in [1.807, 2.05) is 6.20 Å². The van der Waals surface area contributed by atoms with Crippen molar-refractivity contribution in [3.8, 4) is 18.1 Å². The number of carbonyl (C=O) groups is 1. The van der Waals surface area contributed by atoms with Crippen LogP contribution in [0.15, 0.2) is 30.5 Å². The Balaban J connectivity index is 1.80. The second-order valence-electron chi connectivity index (χ2n) is 4.40. The minimum atomic E-state index is -0.273. The molecule has 2 N–H and O–H groups in total. The number of urea groups is 1. The van der Waals surface area contributed by atoms with E-state index in [0.717, 1.165) is 11.4 Å². The van der Waals surface area contributed by atoms with E-state index >= 15 is 0 Å². The van der Waals surface area contributed by atoms with Crippen LogP contribution < -0.4 is 15.4 Å². The maximum absolute atomic E-state index is 11.8. The van der Waals surface area contributed by atoms with Crippen LogP contribution in [0.3, 0.4) is 0 Å². The lowest BCUT2D eigenvalue weighted by molar-refractivity contribution is 0.251. The third-order valence-corrected chi connectivity index (χ3v) is 3.93. The first-order chi connectivity index (χ1) is 10.7. The molecule has 5 nitrogen and oxygen atoms in total. The van der Waals surface area contributed by atoms with E-state index in [1.54, 1.807) is 35.6 Å². The van der Waals surface area contributed by atoms with Gasteiger partial charge in [-0.05, 0) is 30.7 Å². The van der Waals surface area contributed by atoms with Crippen LogP contribution in [0.1, 0.15) is 16.8 Å². The normalized spacial score (nSPS) is 9.82. The molecule has 0 saturated carbocycles. The first kappa shape index (κ1) is 15.9. The van der Waals surface area contributed by atoms with Crippen molar-refractivity contribution in [3.63, 3.8) is 0 Å². The number of hydrogen-bond donors (Lipinski definition) is 2. The lowest BCUT2D eigenvalue weighted by Gasteiger charge is -2.07. The maximum atomic E-state index is 11.8. The SMILES string of the molecule is C#CCOc1ccc(NC(=O)NCc2ncc(CC)s2)cc1. The topological polar surface area (TPSA) is 63.2 Å². The lowest BCUT2D eigenvalue weighted by Crippen LogP contribution is -2.28. The molecular weight excluding hydrogens is 298 g/mol. The zero-order chi connectivity index (χ0) is 15.8. The fourth-order valence-electron chi connectivity index (χ4n) is 1.68. The number of anilines is 1. The Labute approximate surface area is 133 Å². The van der Waals surface area contributed by atoms with Gasteiger partial charge in [0, 0.05) is 16.8 Å². The second-order valence-corrected chi connectivity index (χ2v) is 5.60. The van der Waals surface area contributed by atoms with Gasteiger partial charge >= 0.3 is 6.03 Å². The molecule has 0 radical (unpaired) electrons. The molecule has 0 unspecified atom stereocenters. The van der Waals surface area contributed by atoms with E-state index in [0.29, 0.717) is 18.0 Å². The van der Waals surface area contributed by atoms with E-state index in [-0.39, 0.29) is 12.6 Å². The Bertz CT molecular complexity index is 659. The highest BCUT2D eigenvalue weighted by Gasteiger charge is 2.05.